The second kappa shape index (κ2) is 12.8. The van der Waals surface area contributed by atoms with E-state index in [9.17, 15) is 34.2 Å². The number of hydrogen-bond donors (Lipinski definition) is 7. The summed E-state index contributed by atoms with van der Waals surface area (Å²) in [6.45, 7) is 7.84. The van der Waals surface area contributed by atoms with Crippen molar-refractivity contribution < 1.29 is 39.3 Å². The number of carbonyl (C=O) groups excluding carboxylic acids is 3. The fourth-order valence-corrected chi connectivity index (χ4v) is 2.58. The van der Waals surface area contributed by atoms with E-state index in [2.05, 4.69) is 16.0 Å². The number of carbonyl (C=O) groups is 5. The summed E-state index contributed by atoms with van der Waals surface area (Å²) in [6.07, 6.45) is -1.52. The van der Waals surface area contributed by atoms with Gasteiger partial charge in [0.25, 0.3) is 0 Å². The molecule has 178 valence electrons. The number of amides is 3. The van der Waals surface area contributed by atoms with Crippen molar-refractivity contribution >= 4 is 29.7 Å². The number of nitrogens with two attached hydrogens (primary N) is 1. The molecule has 0 saturated heterocycles. The number of aliphatic hydroxyl groups excluding tert-OH is 1. The van der Waals surface area contributed by atoms with Crippen LogP contribution in [0, 0.1) is 11.8 Å². The Hall–Kier alpha value is -2.73. The molecule has 6 atom stereocenters. The van der Waals surface area contributed by atoms with Gasteiger partial charge in [0, 0.05) is 0 Å². The van der Waals surface area contributed by atoms with Gasteiger partial charge in [0.05, 0.1) is 12.5 Å². The first-order valence-corrected chi connectivity index (χ1v) is 10.0. The summed E-state index contributed by atoms with van der Waals surface area (Å²) >= 11 is 0. The minimum absolute atomic E-state index is 0.416. The van der Waals surface area contributed by atoms with E-state index >= 15 is 0 Å². The number of carboxylic acid groups (broad SMARTS) is 2. The van der Waals surface area contributed by atoms with Crippen molar-refractivity contribution in [2.24, 2.45) is 17.6 Å². The molecule has 0 fully saturated rings. The van der Waals surface area contributed by atoms with Crippen LogP contribution in [-0.4, -0.2) is 75.3 Å². The second-order valence-corrected chi connectivity index (χ2v) is 7.87. The lowest BCUT2D eigenvalue weighted by Crippen LogP contribution is -2.60. The first-order valence-electron chi connectivity index (χ1n) is 10.0. The Balaban J connectivity index is 5.59. The van der Waals surface area contributed by atoms with E-state index < -0.39 is 78.2 Å². The van der Waals surface area contributed by atoms with Gasteiger partial charge in [-0.25, -0.2) is 4.79 Å². The molecule has 0 aromatic carbocycles. The van der Waals surface area contributed by atoms with Crippen LogP contribution >= 0.6 is 0 Å². The topological polar surface area (TPSA) is 208 Å². The fourth-order valence-electron chi connectivity index (χ4n) is 2.58. The Morgan fingerprint density at radius 2 is 1.35 bits per heavy atom. The lowest BCUT2D eigenvalue weighted by Gasteiger charge is -2.28. The smallest absolute Gasteiger partial charge is 0.326 e. The molecule has 0 aliphatic carbocycles. The monoisotopic (exact) mass is 446 g/mol. The molecule has 0 aromatic rings. The predicted molar refractivity (Wildman–Crippen MR) is 110 cm³/mol. The van der Waals surface area contributed by atoms with Gasteiger partial charge < -0.3 is 37.0 Å². The molecule has 0 spiro atoms. The van der Waals surface area contributed by atoms with Crippen LogP contribution in [0.2, 0.25) is 0 Å². The molecule has 0 aliphatic heterocycles. The van der Waals surface area contributed by atoms with Crippen molar-refractivity contribution in [2.75, 3.05) is 0 Å². The molecule has 8 N–H and O–H groups in total. The number of nitrogens with one attached hydrogen (secondary N) is 3. The summed E-state index contributed by atoms with van der Waals surface area (Å²) < 4.78 is 0. The third kappa shape index (κ3) is 9.30. The van der Waals surface area contributed by atoms with E-state index in [1.54, 1.807) is 27.7 Å². The highest BCUT2D eigenvalue weighted by atomic mass is 16.4. The summed E-state index contributed by atoms with van der Waals surface area (Å²) in [7, 11) is 0. The zero-order valence-electron chi connectivity index (χ0n) is 18.4. The van der Waals surface area contributed by atoms with Crippen molar-refractivity contribution in [3.05, 3.63) is 0 Å². The molecule has 0 aromatic heterocycles. The van der Waals surface area contributed by atoms with E-state index in [-0.39, 0.29) is 0 Å². The first-order chi connectivity index (χ1) is 14.2. The molecule has 0 rings (SSSR count). The fraction of sp³-hybridized carbons (Fsp3) is 0.737. The van der Waals surface area contributed by atoms with E-state index in [0.717, 1.165) is 0 Å². The van der Waals surface area contributed by atoms with Crippen LogP contribution < -0.4 is 21.7 Å². The Labute approximate surface area is 180 Å². The first kappa shape index (κ1) is 28.3. The van der Waals surface area contributed by atoms with Crippen molar-refractivity contribution in [3.8, 4) is 0 Å². The average Bonchev–Trinajstić information content (AvgIpc) is 2.66. The highest BCUT2D eigenvalue weighted by Crippen LogP contribution is 2.10. The van der Waals surface area contributed by atoms with Gasteiger partial charge >= 0.3 is 11.9 Å². The third-order valence-electron chi connectivity index (χ3n) is 4.86. The highest BCUT2D eigenvalue weighted by Gasteiger charge is 2.34. The molecule has 6 unspecified atom stereocenters. The number of aliphatic hydroxyl groups is 1. The lowest BCUT2D eigenvalue weighted by molar-refractivity contribution is -0.144. The maximum absolute atomic E-state index is 12.8. The molecule has 0 heterocycles. The van der Waals surface area contributed by atoms with E-state index in [1.807, 2.05) is 0 Å². The summed E-state index contributed by atoms with van der Waals surface area (Å²) in [6, 6.07) is -5.30. The lowest BCUT2D eigenvalue weighted by atomic mass is 9.97. The second-order valence-electron chi connectivity index (χ2n) is 7.87. The minimum Gasteiger partial charge on any atom is -0.481 e. The van der Waals surface area contributed by atoms with Crippen LogP contribution in [0.3, 0.4) is 0 Å². The molecule has 31 heavy (non-hydrogen) atoms. The molecule has 3 amide bonds. The van der Waals surface area contributed by atoms with E-state index in [4.69, 9.17) is 10.8 Å². The normalized spacial score (nSPS) is 16.9. The zero-order valence-corrected chi connectivity index (χ0v) is 18.4. The number of hydrogen-bond acceptors (Lipinski definition) is 7. The van der Waals surface area contributed by atoms with Gasteiger partial charge in [-0.1, -0.05) is 34.1 Å². The van der Waals surface area contributed by atoms with Crippen molar-refractivity contribution in [1.29, 1.82) is 0 Å². The van der Waals surface area contributed by atoms with Gasteiger partial charge in [0.1, 0.15) is 24.2 Å². The molecular formula is C19H34N4O8. The van der Waals surface area contributed by atoms with Gasteiger partial charge in [0.15, 0.2) is 0 Å². The van der Waals surface area contributed by atoms with Crippen molar-refractivity contribution in [2.45, 2.75) is 77.7 Å². The minimum atomic E-state index is -1.57. The summed E-state index contributed by atoms with van der Waals surface area (Å²) in [4.78, 5) is 60.0. The maximum atomic E-state index is 12.8. The van der Waals surface area contributed by atoms with Crippen LogP contribution in [0.1, 0.15) is 47.5 Å². The van der Waals surface area contributed by atoms with Crippen molar-refractivity contribution in [1.82, 2.24) is 16.0 Å². The van der Waals surface area contributed by atoms with Gasteiger partial charge in [0.2, 0.25) is 17.7 Å². The van der Waals surface area contributed by atoms with Crippen molar-refractivity contribution in [3.63, 3.8) is 0 Å². The average molecular weight is 447 g/mol. The molecule has 0 bridgehead atoms. The molecule has 12 nitrogen and oxygen atoms in total. The number of carboxylic acids is 2. The quantitative estimate of drug-likeness (QED) is 0.174. The number of aliphatic carboxylic acids is 2. The van der Waals surface area contributed by atoms with Crippen LogP contribution in [0.5, 0.6) is 0 Å². The summed E-state index contributed by atoms with van der Waals surface area (Å²) in [5, 5.41) is 34.7. The van der Waals surface area contributed by atoms with Crippen LogP contribution in [0.25, 0.3) is 0 Å². The Kier molecular flexibility index (Phi) is 11.7. The van der Waals surface area contributed by atoms with Gasteiger partial charge in [-0.15, -0.1) is 0 Å². The Bertz CT molecular complexity index is 667. The molecule has 0 radical (unpaired) electrons. The highest BCUT2D eigenvalue weighted by molar-refractivity contribution is 5.95. The largest absolute Gasteiger partial charge is 0.481 e. The van der Waals surface area contributed by atoms with E-state index in [0.29, 0.717) is 6.42 Å². The standard InChI is InChI=1S/C19H34N4O8/c1-6-9(4)15(23-17(28)13(20)10(5)24)18(29)21-11(7-12(25)26)16(27)22-14(8(2)3)19(30)31/h8-11,13-15,24H,6-7,20H2,1-5H3,(H,21,29)(H,22,27)(H,23,28)(H,25,26)(H,30,31). The molecule has 12 heteroatoms. The Morgan fingerprint density at radius 1 is 0.839 bits per heavy atom. The summed E-state index contributed by atoms with van der Waals surface area (Å²) in [5.74, 6) is -6.21. The SMILES string of the molecule is CCC(C)C(NC(=O)C(N)C(C)O)C(=O)NC(CC(=O)O)C(=O)NC(C(=O)O)C(C)C. The van der Waals surface area contributed by atoms with Gasteiger partial charge in [-0.05, 0) is 18.8 Å². The number of rotatable bonds is 13. The molecule has 0 aliphatic rings. The van der Waals surface area contributed by atoms with Crippen LogP contribution in [0.4, 0.5) is 0 Å². The van der Waals surface area contributed by atoms with Gasteiger partial charge in [-0.2, -0.15) is 0 Å². The van der Waals surface area contributed by atoms with Crippen LogP contribution in [-0.2, 0) is 24.0 Å². The summed E-state index contributed by atoms with van der Waals surface area (Å²) in [5.41, 5.74) is 5.59. The van der Waals surface area contributed by atoms with Crippen LogP contribution in [0.15, 0.2) is 0 Å². The van der Waals surface area contributed by atoms with Gasteiger partial charge in [-0.3, -0.25) is 19.2 Å². The zero-order chi connectivity index (χ0) is 24.5. The predicted octanol–water partition coefficient (Wildman–Crippen LogP) is -1.59. The van der Waals surface area contributed by atoms with E-state index in [1.165, 1.54) is 6.92 Å². The maximum Gasteiger partial charge on any atom is 0.326 e. The molecular weight excluding hydrogens is 412 g/mol. The Morgan fingerprint density at radius 3 is 1.74 bits per heavy atom. The molecule has 0 saturated carbocycles. The third-order valence-corrected chi connectivity index (χ3v) is 4.86.